The molecule has 0 radical (unpaired) electrons. The maximum Gasteiger partial charge on any atom is 0.341 e. The zero-order chi connectivity index (χ0) is 29.3. The van der Waals surface area contributed by atoms with Crippen molar-refractivity contribution >= 4 is 39.1 Å². The minimum absolute atomic E-state index is 0.0803. The third kappa shape index (κ3) is 5.87. The molecule has 0 aliphatic heterocycles. The third-order valence-corrected chi connectivity index (χ3v) is 9.55. The number of hydrogen-bond acceptors (Lipinski definition) is 6. The molecule has 0 saturated carbocycles. The number of anilines is 1. The first kappa shape index (κ1) is 28.8. The van der Waals surface area contributed by atoms with E-state index < -0.39 is 5.97 Å². The molecular weight excluding hydrogens is 532 g/mol. The molecule has 6 nitrogen and oxygen atoms in total. The van der Waals surface area contributed by atoms with Crippen molar-refractivity contribution in [3.8, 4) is 17.0 Å². The largest absolute Gasteiger partial charge is 0.491 e. The number of aromatic nitrogens is 1. The number of pyridine rings is 1. The van der Waals surface area contributed by atoms with Crippen molar-refractivity contribution in [2.75, 3.05) is 12.4 Å². The highest BCUT2D eigenvalue weighted by atomic mass is 32.1. The van der Waals surface area contributed by atoms with E-state index in [9.17, 15) is 9.59 Å². The lowest BCUT2D eigenvalue weighted by molar-refractivity contribution is 0.0600. The lowest BCUT2D eigenvalue weighted by Crippen LogP contribution is -2.28. The number of carbonyl (C=O) groups excluding carboxylic acids is 2. The van der Waals surface area contributed by atoms with Gasteiger partial charge in [0, 0.05) is 15.8 Å². The third-order valence-electron chi connectivity index (χ3n) is 8.38. The van der Waals surface area contributed by atoms with E-state index in [0.29, 0.717) is 27.7 Å². The molecule has 1 aliphatic carbocycles. The molecule has 2 aromatic heterocycles. The molecule has 0 saturated heterocycles. The lowest BCUT2D eigenvalue weighted by Gasteiger charge is -2.36. The maximum absolute atomic E-state index is 13.9. The summed E-state index contributed by atoms with van der Waals surface area (Å²) in [5, 5.41) is 4.40. The molecular formula is C34H38N2O4S. The molecule has 0 bridgehead atoms. The molecule has 0 unspecified atom stereocenters. The fraction of sp³-hybridized carbons (Fsp3) is 0.382. The molecule has 2 aromatic carbocycles. The van der Waals surface area contributed by atoms with Gasteiger partial charge in [-0.25, -0.2) is 9.78 Å². The van der Waals surface area contributed by atoms with Gasteiger partial charge >= 0.3 is 5.97 Å². The van der Waals surface area contributed by atoms with Gasteiger partial charge in [0.2, 0.25) is 0 Å². The van der Waals surface area contributed by atoms with Crippen molar-refractivity contribution < 1.29 is 19.1 Å². The molecule has 5 rings (SSSR count). The fourth-order valence-corrected chi connectivity index (χ4v) is 6.92. The number of ether oxygens (including phenoxy) is 2. The number of thiophene rings is 1. The molecule has 1 amide bonds. The van der Waals surface area contributed by atoms with Gasteiger partial charge in [0.05, 0.1) is 35.6 Å². The molecule has 2 heterocycles. The summed E-state index contributed by atoms with van der Waals surface area (Å²) in [7, 11) is 1.39. The number of methoxy groups -OCH3 is 1. The predicted molar refractivity (Wildman–Crippen MR) is 166 cm³/mol. The molecule has 0 fully saturated rings. The van der Waals surface area contributed by atoms with Crippen LogP contribution in [0.3, 0.4) is 0 Å². The van der Waals surface area contributed by atoms with E-state index in [1.54, 1.807) is 0 Å². The Kier molecular flexibility index (Phi) is 8.18. The number of benzene rings is 2. The van der Waals surface area contributed by atoms with Crippen LogP contribution in [0.2, 0.25) is 0 Å². The van der Waals surface area contributed by atoms with E-state index in [4.69, 9.17) is 14.5 Å². The molecule has 1 N–H and O–H groups in total. The predicted octanol–water partition coefficient (Wildman–Crippen LogP) is 8.33. The Morgan fingerprint density at radius 3 is 2.54 bits per heavy atom. The Bertz CT molecular complexity index is 1590. The van der Waals surface area contributed by atoms with E-state index in [2.05, 4.69) is 26.1 Å². The second-order valence-corrected chi connectivity index (χ2v) is 12.8. The minimum atomic E-state index is -0.407. The number of fused-ring (bicyclic) bond motifs is 2. The monoisotopic (exact) mass is 570 g/mol. The van der Waals surface area contributed by atoms with Crippen LogP contribution in [0.1, 0.15) is 78.6 Å². The standard InChI is InChI=1S/C34H38N2O4S/c1-7-34(4,5)22-14-17-25-29(18-22)41-32(30(25)33(38)39-6)36-31(37)26-19-28(35-27-11-9-8-10-24(26)27)21-12-15-23(16-13-21)40-20(2)3/h8-13,15-16,19-20,22H,7,14,17-18H2,1-6H3,(H,36,37)/t22-/m1/s1. The molecule has 1 aliphatic rings. The summed E-state index contributed by atoms with van der Waals surface area (Å²) in [6, 6.07) is 17.2. The van der Waals surface area contributed by atoms with E-state index in [-0.39, 0.29) is 17.4 Å². The van der Waals surface area contributed by atoms with Crippen molar-refractivity contribution in [2.24, 2.45) is 11.3 Å². The average Bonchev–Trinajstić information content (AvgIpc) is 3.33. The highest BCUT2D eigenvalue weighted by Gasteiger charge is 2.35. The van der Waals surface area contributed by atoms with Crippen LogP contribution in [0.5, 0.6) is 5.75 Å². The smallest absolute Gasteiger partial charge is 0.341 e. The molecule has 41 heavy (non-hydrogen) atoms. The van der Waals surface area contributed by atoms with Gasteiger partial charge in [-0.3, -0.25) is 4.79 Å². The van der Waals surface area contributed by atoms with Gasteiger partial charge in [-0.2, -0.15) is 0 Å². The molecule has 1 atom stereocenters. The van der Waals surface area contributed by atoms with Gasteiger partial charge in [-0.05, 0) is 86.4 Å². The number of hydrogen-bond donors (Lipinski definition) is 1. The first-order valence-electron chi connectivity index (χ1n) is 14.3. The normalized spacial score (nSPS) is 15.0. The van der Waals surface area contributed by atoms with Crippen molar-refractivity contribution in [1.82, 2.24) is 4.98 Å². The van der Waals surface area contributed by atoms with Crippen molar-refractivity contribution in [2.45, 2.75) is 66.4 Å². The number of nitrogens with zero attached hydrogens (tertiary/aromatic N) is 1. The second-order valence-electron chi connectivity index (χ2n) is 11.7. The van der Waals surface area contributed by atoms with Crippen LogP contribution in [0.15, 0.2) is 54.6 Å². The SMILES string of the molecule is CCC(C)(C)[C@@H]1CCc2c(sc(NC(=O)c3cc(-c4ccc(OC(C)C)cc4)nc4ccccc34)c2C(=O)OC)C1. The van der Waals surface area contributed by atoms with Gasteiger partial charge in [-0.15, -0.1) is 11.3 Å². The van der Waals surface area contributed by atoms with Crippen molar-refractivity contribution in [3.63, 3.8) is 0 Å². The summed E-state index contributed by atoms with van der Waals surface area (Å²) in [6.45, 7) is 10.8. The Morgan fingerprint density at radius 2 is 1.85 bits per heavy atom. The van der Waals surface area contributed by atoms with Gasteiger partial charge in [0.25, 0.3) is 5.91 Å². The first-order valence-corrected chi connectivity index (χ1v) is 15.1. The number of carbonyl (C=O) groups is 2. The Balaban J connectivity index is 1.52. The number of amides is 1. The highest BCUT2D eigenvalue weighted by Crippen LogP contribution is 2.46. The average molecular weight is 571 g/mol. The number of rotatable bonds is 8. The van der Waals surface area contributed by atoms with Crippen LogP contribution in [-0.4, -0.2) is 30.1 Å². The van der Waals surface area contributed by atoms with Gasteiger partial charge in [-0.1, -0.05) is 45.4 Å². The number of nitrogens with one attached hydrogen (secondary N) is 1. The van der Waals surface area contributed by atoms with Gasteiger partial charge in [0.15, 0.2) is 0 Å². The molecule has 4 aromatic rings. The number of esters is 1. The van der Waals surface area contributed by atoms with Crippen LogP contribution in [0.4, 0.5) is 5.00 Å². The molecule has 214 valence electrons. The van der Waals surface area contributed by atoms with Crippen LogP contribution in [0.25, 0.3) is 22.2 Å². The van der Waals surface area contributed by atoms with Gasteiger partial charge < -0.3 is 14.8 Å². The van der Waals surface area contributed by atoms with E-state index in [1.165, 1.54) is 23.3 Å². The van der Waals surface area contributed by atoms with E-state index in [1.807, 2.05) is 68.4 Å². The van der Waals surface area contributed by atoms with Crippen LogP contribution in [-0.2, 0) is 17.6 Å². The topological polar surface area (TPSA) is 77.5 Å². The summed E-state index contributed by atoms with van der Waals surface area (Å²) in [5.41, 5.74) is 4.51. The summed E-state index contributed by atoms with van der Waals surface area (Å²) >= 11 is 1.51. The zero-order valence-electron chi connectivity index (χ0n) is 24.7. The number of para-hydroxylation sites is 1. The maximum atomic E-state index is 13.9. The van der Waals surface area contributed by atoms with Crippen LogP contribution in [0, 0.1) is 11.3 Å². The van der Waals surface area contributed by atoms with E-state index in [0.717, 1.165) is 53.5 Å². The zero-order valence-corrected chi connectivity index (χ0v) is 25.5. The van der Waals surface area contributed by atoms with Crippen LogP contribution >= 0.6 is 11.3 Å². The fourth-order valence-electron chi connectivity index (χ4n) is 5.61. The minimum Gasteiger partial charge on any atom is -0.491 e. The summed E-state index contributed by atoms with van der Waals surface area (Å²) in [5.74, 6) is 0.620. The van der Waals surface area contributed by atoms with Crippen molar-refractivity contribution in [3.05, 3.63) is 76.2 Å². The molecule has 0 spiro atoms. The summed E-state index contributed by atoms with van der Waals surface area (Å²) < 4.78 is 11.0. The van der Waals surface area contributed by atoms with Crippen molar-refractivity contribution in [1.29, 1.82) is 0 Å². The summed E-state index contributed by atoms with van der Waals surface area (Å²) in [6.07, 6.45) is 3.90. The van der Waals surface area contributed by atoms with Gasteiger partial charge in [0.1, 0.15) is 10.8 Å². The van der Waals surface area contributed by atoms with Crippen LogP contribution < -0.4 is 10.1 Å². The highest BCUT2D eigenvalue weighted by molar-refractivity contribution is 7.17. The van der Waals surface area contributed by atoms with E-state index >= 15 is 0 Å². The Labute approximate surface area is 246 Å². The lowest BCUT2D eigenvalue weighted by atomic mass is 9.69. The summed E-state index contributed by atoms with van der Waals surface area (Å²) in [4.78, 5) is 32.9. The Hall–Kier alpha value is -3.71. The second kappa shape index (κ2) is 11.6. The Morgan fingerprint density at radius 1 is 1.12 bits per heavy atom. The first-order chi connectivity index (χ1) is 19.6. The quantitative estimate of drug-likeness (QED) is 0.216. The molecule has 7 heteroatoms.